The van der Waals surface area contributed by atoms with Crippen molar-refractivity contribution < 1.29 is 4.74 Å². The van der Waals surface area contributed by atoms with Crippen LogP contribution < -0.4 is 10.1 Å². The quantitative estimate of drug-likeness (QED) is 0.677. The van der Waals surface area contributed by atoms with Crippen LogP contribution in [-0.2, 0) is 13.2 Å². The van der Waals surface area contributed by atoms with Gasteiger partial charge >= 0.3 is 0 Å². The van der Waals surface area contributed by atoms with Gasteiger partial charge in [-0.25, -0.2) is 0 Å². The summed E-state index contributed by atoms with van der Waals surface area (Å²) in [5, 5.41) is 3.41. The zero-order chi connectivity index (χ0) is 15.9. The molecule has 3 rings (SSSR count). The van der Waals surface area contributed by atoms with Gasteiger partial charge < -0.3 is 10.1 Å². The van der Waals surface area contributed by atoms with E-state index in [9.17, 15) is 0 Å². The predicted octanol–water partition coefficient (Wildman–Crippen LogP) is 5.19. The van der Waals surface area contributed by atoms with Gasteiger partial charge in [-0.05, 0) is 42.3 Å². The second-order valence-electron chi connectivity index (χ2n) is 5.64. The highest BCUT2D eigenvalue weighted by Crippen LogP contribution is 2.17. The number of aryl methyl sites for hydroxylation is 1. The van der Waals surface area contributed by atoms with Gasteiger partial charge in [0, 0.05) is 12.2 Å². The molecule has 0 saturated heterocycles. The van der Waals surface area contributed by atoms with Crippen molar-refractivity contribution in [1.29, 1.82) is 0 Å². The number of anilines is 1. The molecule has 0 radical (unpaired) electrons. The molecule has 3 aromatic rings. The van der Waals surface area contributed by atoms with Crippen LogP contribution in [0.15, 0.2) is 78.9 Å². The first-order valence-corrected chi connectivity index (χ1v) is 7.86. The van der Waals surface area contributed by atoms with E-state index in [1.54, 1.807) is 0 Å². The summed E-state index contributed by atoms with van der Waals surface area (Å²) in [6, 6.07) is 26.9. The fourth-order valence-electron chi connectivity index (χ4n) is 2.47. The van der Waals surface area contributed by atoms with Crippen LogP contribution in [0.25, 0.3) is 0 Å². The molecule has 0 heterocycles. The molecule has 0 fully saturated rings. The van der Waals surface area contributed by atoms with E-state index in [0.29, 0.717) is 6.61 Å². The maximum atomic E-state index is 5.91. The lowest BCUT2D eigenvalue weighted by atomic mass is 10.1. The minimum absolute atomic E-state index is 0.594. The lowest BCUT2D eigenvalue weighted by molar-refractivity contribution is 0.306. The van der Waals surface area contributed by atoms with Crippen molar-refractivity contribution in [1.82, 2.24) is 0 Å². The van der Waals surface area contributed by atoms with Crippen LogP contribution in [0.1, 0.15) is 16.7 Å². The van der Waals surface area contributed by atoms with Crippen molar-refractivity contribution in [3.8, 4) is 5.75 Å². The Kier molecular flexibility index (Phi) is 4.95. The summed E-state index contributed by atoms with van der Waals surface area (Å²) in [6.07, 6.45) is 0. The van der Waals surface area contributed by atoms with Gasteiger partial charge in [0.15, 0.2) is 0 Å². The number of nitrogens with one attached hydrogen (secondary N) is 1. The van der Waals surface area contributed by atoms with Crippen LogP contribution in [0.3, 0.4) is 0 Å². The number of benzene rings is 3. The SMILES string of the molecule is Cc1cccc(COc2cccc(CNc3ccccc3)c2)c1. The van der Waals surface area contributed by atoms with E-state index in [2.05, 4.69) is 60.8 Å². The van der Waals surface area contributed by atoms with Gasteiger partial charge in [0.25, 0.3) is 0 Å². The minimum Gasteiger partial charge on any atom is -0.489 e. The summed E-state index contributed by atoms with van der Waals surface area (Å²) in [5.74, 6) is 0.902. The molecule has 2 heteroatoms. The normalized spacial score (nSPS) is 10.3. The average molecular weight is 303 g/mol. The van der Waals surface area contributed by atoms with E-state index in [1.165, 1.54) is 16.7 Å². The van der Waals surface area contributed by atoms with E-state index < -0.39 is 0 Å². The van der Waals surface area contributed by atoms with Crippen LogP contribution in [0.2, 0.25) is 0 Å². The van der Waals surface area contributed by atoms with Crippen molar-refractivity contribution >= 4 is 5.69 Å². The Morgan fingerprint density at radius 1 is 0.783 bits per heavy atom. The molecule has 0 amide bonds. The van der Waals surface area contributed by atoms with Crippen LogP contribution in [-0.4, -0.2) is 0 Å². The number of hydrogen-bond donors (Lipinski definition) is 1. The third kappa shape index (κ3) is 4.62. The van der Waals surface area contributed by atoms with E-state index in [4.69, 9.17) is 4.74 Å². The smallest absolute Gasteiger partial charge is 0.120 e. The van der Waals surface area contributed by atoms with Crippen LogP contribution in [0.5, 0.6) is 5.75 Å². The molecular formula is C21H21NO. The summed E-state index contributed by atoms with van der Waals surface area (Å²) in [7, 11) is 0. The first-order valence-electron chi connectivity index (χ1n) is 7.86. The Balaban J connectivity index is 1.59. The molecule has 0 aliphatic carbocycles. The monoisotopic (exact) mass is 303 g/mol. The first kappa shape index (κ1) is 15.2. The lowest BCUT2D eigenvalue weighted by Gasteiger charge is -2.10. The fourth-order valence-corrected chi connectivity index (χ4v) is 2.47. The molecule has 0 unspecified atom stereocenters. The molecule has 0 atom stereocenters. The molecule has 2 nitrogen and oxygen atoms in total. The summed E-state index contributed by atoms with van der Waals surface area (Å²) in [4.78, 5) is 0. The van der Waals surface area contributed by atoms with Crippen LogP contribution in [0, 0.1) is 6.92 Å². The Morgan fingerprint density at radius 2 is 1.57 bits per heavy atom. The second-order valence-corrected chi connectivity index (χ2v) is 5.64. The number of hydrogen-bond acceptors (Lipinski definition) is 2. The number of rotatable bonds is 6. The first-order chi connectivity index (χ1) is 11.3. The largest absolute Gasteiger partial charge is 0.489 e. The standard InChI is InChI=1S/C21H21NO/c1-17-7-5-9-19(13-17)16-23-21-12-6-8-18(14-21)15-22-20-10-3-2-4-11-20/h2-14,22H,15-16H2,1H3. The van der Waals surface area contributed by atoms with Gasteiger partial charge in [-0.1, -0.05) is 60.2 Å². The summed E-state index contributed by atoms with van der Waals surface area (Å²) < 4.78 is 5.91. The van der Waals surface area contributed by atoms with Crippen molar-refractivity contribution in [3.05, 3.63) is 95.6 Å². The van der Waals surface area contributed by atoms with Crippen molar-refractivity contribution in [2.75, 3.05) is 5.32 Å². The zero-order valence-corrected chi connectivity index (χ0v) is 13.3. The van der Waals surface area contributed by atoms with Crippen molar-refractivity contribution in [2.24, 2.45) is 0 Å². The molecule has 0 aliphatic rings. The number of para-hydroxylation sites is 1. The highest BCUT2D eigenvalue weighted by molar-refractivity contribution is 5.43. The molecule has 116 valence electrons. The van der Waals surface area contributed by atoms with Gasteiger partial charge in [0.2, 0.25) is 0 Å². The third-order valence-electron chi connectivity index (χ3n) is 3.66. The average Bonchev–Trinajstić information content (AvgIpc) is 2.60. The van der Waals surface area contributed by atoms with Gasteiger partial charge in [-0.3, -0.25) is 0 Å². The maximum Gasteiger partial charge on any atom is 0.120 e. The molecular weight excluding hydrogens is 282 g/mol. The molecule has 23 heavy (non-hydrogen) atoms. The Hall–Kier alpha value is -2.74. The Labute approximate surface area is 137 Å². The lowest BCUT2D eigenvalue weighted by Crippen LogP contribution is -2.00. The third-order valence-corrected chi connectivity index (χ3v) is 3.66. The Morgan fingerprint density at radius 3 is 2.39 bits per heavy atom. The van der Waals surface area contributed by atoms with E-state index in [1.807, 2.05) is 30.3 Å². The van der Waals surface area contributed by atoms with E-state index >= 15 is 0 Å². The van der Waals surface area contributed by atoms with Crippen LogP contribution >= 0.6 is 0 Å². The molecule has 0 bridgehead atoms. The molecule has 3 aromatic carbocycles. The second kappa shape index (κ2) is 7.50. The van der Waals surface area contributed by atoms with Gasteiger partial charge in [0.1, 0.15) is 12.4 Å². The van der Waals surface area contributed by atoms with Crippen LogP contribution in [0.4, 0.5) is 5.69 Å². The minimum atomic E-state index is 0.594. The van der Waals surface area contributed by atoms with E-state index in [0.717, 1.165) is 18.0 Å². The van der Waals surface area contributed by atoms with Crippen molar-refractivity contribution in [2.45, 2.75) is 20.1 Å². The van der Waals surface area contributed by atoms with Gasteiger partial charge in [-0.15, -0.1) is 0 Å². The fraction of sp³-hybridized carbons (Fsp3) is 0.143. The molecule has 0 aromatic heterocycles. The van der Waals surface area contributed by atoms with Crippen molar-refractivity contribution in [3.63, 3.8) is 0 Å². The van der Waals surface area contributed by atoms with Gasteiger partial charge in [-0.2, -0.15) is 0 Å². The molecule has 1 N–H and O–H groups in total. The maximum absolute atomic E-state index is 5.91. The van der Waals surface area contributed by atoms with E-state index in [-0.39, 0.29) is 0 Å². The Bertz CT molecular complexity index is 753. The summed E-state index contributed by atoms with van der Waals surface area (Å²) >= 11 is 0. The van der Waals surface area contributed by atoms with Gasteiger partial charge in [0.05, 0.1) is 0 Å². The highest BCUT2D eigenvalue weighted by atomic mass is 16.5. The highest BCUT2D eigenvalue weighted by Gasteiger charge is 1.99. The predicted molar refractivity (Wildman–Crippen MR) is 95.7 cm³/mol. The topological polar surface area (TPSA) is 21.3 Å². The molecule has 0 saturated carbocycles. The molecule has 0 aliphatic heterocycles. The number of ether oxygens (including phenoxy) is 1. The zero-order valence-electron chi connectivity index (χ0n) is 13.3. The summed E-state index contributed by atoms with van der Waals surface area (Å²) in [5.41, 5.74) is 4.78. The molecule has 0 spiro atoms. The summed E-state index contributed by atoms with van der Waals surface area (Å²) in [6.45, 7) is 3.47.